The fraction of sp³-hybridized carbons (Fsp3) is 0.600. The predicted octanol–water partition coefficient (Wildman–Crippen LogP) is 2.15. The van der Waals surface area contributed by atoms with Crippen LogP contribution < -0.4 is 0 Å². The molecule has 2 bridgehead atoms. The van der Waals surface area contributed by atoms with E-state index in [0.717, 1.165) is 5.92 Å². The van der Waals surface area contributed by atoms with Crippen molar-refractivity contribution >= 4 is 0 Å². The van der Waals surface area contributed by atoms with Gasteiger partial charge in [-0.2, -0.15) is 0 Å². The summed E-state index contributed by atoms with van der Waals surface area (Å²) in [4.78, 5) is 0. The Morgan fingerprint density at radius 1 is 1.45 bits per heavy atom. The number of allylic oxidation sites excluding steroid dienone is 1. The van der Waals surface area contributed by atoms with Gasteiger partial charge in [-0.25, -0.2) is 0 Å². The molecule has 1 heteroatoms. The standard InChI is InChI=1S/C10H14O/c1-2-5-11-10-7-8-3-4-9(10)6-8/h2-4,8-10H,1,5-7H2. The van der Waals surface area contributed by atoms with E-state index in [1.807, 2.05) is 6.08 Å². The molecule has 0 aliphatic heterocycles. The average Bonchev–Trinajstić information content (AvgIpc) is 2.60. The third-order valence-electron chi connectivity index (χ3n) is 2.65. The summed E-state index contributed by atoms with van der Waals surface area (Å²) in [6, 6.07) is 0. The first kappa shape index (κ1) is 7.11. The van der Waals surface area contributed by atoms with Crippen LogP contribution in [0.3, 0.4) is 0 Å². The molecule has 0 aromatic heterocycles. The topological polar surface area (TPSA) is 9.23 Å². The molecule has 0 aromatic rings. The van der Waals surface area contributed by atoms with Gasteiger partial charge in [0.2, 0.25) is 0 Å². The second kappa shape index (κ2) is 2.82. The molecule has 2 rings (SSSR count). The monoisotopic (exact) mass is 150 g/mol. The Balaban J connectivity index is 1.88. The van der Waals surface area contributed by atoms with Gasteiger partial charge in [0.15, 0.2) is 0 Å². The van der Waals surface area contributed by atoms with Crippen LogP contribution in [-0.4, -0.2) is 12.7 Å². The molecule has 0 N–H and O–H groups in total. The number of ether oxygens (including phenoxy) is 1. The second-order valence-electron chi connectivity index (χ2n) is 3.44. The van der Waals surface area contributed by atoms with Crippen LogP contribution >= 0.6 is 0 Å². The number of hydrogen-bond acceptors (Lipinski definition) is 1. The van der Waals surface area contributed by atoms with Gasteiger partial charge in [-0.3, -0.25) is 0 Å². The van der Waals surface area contributed by atoms with Crippen LogP contribution in [0, 0.1) is 11.8 Å². The lowest BCUT2D eigenvalue weighted by Crippen LogP contribution is -2.17. The maximum atomic E-state index is 5.62. The van der Waals surface area contributed by atoms with Crippen molar-refractivity contribution in [2.24, 2.45) is 11.8 Å². The van der Waals surface area contributed by atoms with Crippen LogP contribution in [0.25, 0.3) is 0 Å². The van der Waals surface area contributed by atoms with E-state index in [-0.39, 0.29) is 0 Å². The van der Waals surface area contributed by atoms with E-state index in [1.54, 1.807) is 0 Å². The molecular formula is C10H14O. The molecular weight excluding hydrogens is 136 g/mol. The van der Waals surface area contributed by atoms with Crippen molar-refractivity contribution in [1.29, 1.82) is 0 Å². The Bertz CT molecular complexity index is 183. The summed E-state index contributed by atoms with van der Waals surface area (Å²) >= 11 is 0. The van der Waals surface area contributed by atoms with Gasteiger partial charge in [0.25, 0.3) is 0 Å². The smallest absolute Gasteiger partial charge is 0.0648 e. The normalized spacial score (nSPS) is 39.8. The molecule has 3 atom stereocenters. The summed E-state index contributed by atoms with van der Waals surface area (Å²) in [6.45, 7) is 4.35. The van der Waals surface area contributed by atoms with E-state index in [0.29, 0.717) is 18.6 Å². The molecule has 60 valence electrons. The third kappa shape index (κ3) is 1.25. The minimum atomic E-state index is 0.489. The predicted molar refractivity (Wildman–Crippen MR) is 45.3 cm³/mol. The molecule has 0 spiro atoms. The van der Waals surface area contributed by atoms with Gasteiger partial charge >= 0.3 is 0 Å². The molecule has 1 nitrogen and oxygen atoms in total. The zero-order valence-corrected chi connectivity index (χ0v) is 6.70. The lowest BCUT2D eigenvalue weighted by molar-refractivity contribution is 0.0562. The maximum absolute atomic E-state index is 5.62. The summed E-state index contributed by atoms with van der Waals surface area (Å²) < 4.78 is 5.62. The highest BCUT2D eigenvalue weighted by Gasteiger charge is 2.35. The van der Waals surface area contributed by atoms with E-state index >= 15 is 0 Å². The van der Waals surface area contributed by atoms with E-state index in [1.165, 1.54) is 12.8 Å². The second-order valence-corrected chi connectivity index (χ2v) is 3.44. The largest absolute Gasteiger partial charge is 0.374 e. The van der Waals surface area contributed by atoms with Gasteiger partial charge in [0, 0.05) is 5.92 Å². The van der Waals surface area contributed by atoms with Crippen LogP contribution in [0.15, 0.2) is 24.8 Å². The number of fused-ring (bicyclic) bond motifs is 2. The first-order valence-corrected chi connectivity index (χ1v) is 4.31. The molecule has 11 heavy (non-hydrogen) atoms. The highest BCUT2D eigenvalue weighted by Crippen LogP contribution is 2.40. The van der Waals surface area contributed by atoms with Crippen LogP contribution in [0.5, 0.6) is 0 Å². The van der Waals surface area contributed by atoms with Crippen molar-refractivity contribution < 1.29 is 4.74 Å². The summed E-state index contributed by atoms with van der Waals surface area (Å²) in [5.41, 5.74) is 0. The summed E-state index contributed by atoms with van der Waals surface area (Å²) in [6.07, 6.45) is 9.51. The van der Waals surface area contributed by atoms with E-state index < -0.39 is 0 Å². The Labute approximate surface area is 67.7 Å². The van der Waals surface area contributed by atoms with Gasteiger partial charge in [0.05, 0.1) is 12.7 Å². The third-order valence-corrected chi connectivity index (χ3v) is 2.65. The van der Waals surface area contributed by atoms with Gasteiger partial charge in [0.1, 0.15) is 0 Å². The van der Waals surface area contributed by atoms with Gasteiger partial charge in [-0.05, 0) is 18.8 Å². The van der Waals surface area contributed by atoms with Crippen LogP contribution in [0.1, 0.15) is 12.8 Å². The van der Waals surface area contributed by atoms with Crippen molar-refractivity contribution in [3.05, 3.63) is 24.8 Å². The molecule has 0 aromatic carbocycles. The zero-order valence-electron chi connectivity index (χ0n) is 6.70. The Kier molecular flexibility index (Phi) is 1.82. The molecule has 0 saturated heterocycles. The molecule has 3 unspecified atom stereocenters. The van der Waals surface area contributed by atoms with Crippen molar-refractivity contribution in [2.75, 3.05) is 6.61 Å². The first-order chi connectivity index (χ1) is 5.40. The molecule has 0 amide bonds. The quantitative estimate of drug-likeness (QED) is 0.560. The number of hydrogen-bond donors (Lipinski definition) is 0. The zero-order chi connectivity index (χ0) is 7.68. The van der Waals surface area contributed by atoms with E-state index in [9.17, 15) is 0 Å². The van der Waals surface area contributed by atoms with Crippen molar-refractivity contribution in [3.63, 3.8) is 0 Å². The minimum absolute atomic E-state index is 0.489. The molecule has 1 saturated carbocycles. The maximum Gasteiger partial charge on any atom is 0.0648 e. The molecule has 0 heterocycles. The van der Waals surface area contributed by atoms with Crippen molar-refractivity contribution in [2.45, 2.75) is 18.9 Å². The van der Waals surface area contributed by atoms with Gasteiger partial charge in [-0.1, -0.05) is 18.2 Å². The van der Waals surface area contributed by atoms with Crippen LogP contribution in [-0.2, 0) is 4.74 Å². The number of rotatable bonds is 3. The van der Waals surface area contributed by atoms with Crippen LogP contribution in [0.4, 0.5) is 0 Å². The summed E-state index contributed by atoms with van der Waals surface area (Å²) in [7, 11) is 0. The van der Waals surface area contributed by atoms with Gasteiger partial charge in [-0.15, -0.1) is 6.58 Å². The van der Waals surface area contributed by atoms with E-state index in [4.69, 9.17) is 4.74 Å². The van der Waals surface area contributed by atoms with Gasteiger partial charge < -0.3 is 4.74 Å². The highest BCUT2D eigenvalue weighted by atomic mass is 16.5. The fourth-order valence-electron chi connectivity index (χ4n) is 2.11. The lowest BCUT2D eigenvalue weighted by atomic mass is 10.0. The highest BCUT2D eigenvalue weighted by molar-refractivity contribution is 5.11. The molecule has 0 radical (unpaired) electrons. The van der Waals surface area contributed by atoms with E-state index in [2.05, 4.69) is 18.7 Å². The summed E-state index contributed by atoms with van der Waals surface area (Å²) in [5.74, 6) is 1.52. The molecule has 1 fully saturated rings. The lowest BCUT2D eigenvalue weighted by Gasteiger charge is -2.17. The SMILES string of the molecule is C=CCOC1CC2C=CC1C2. The van der Waals surface area contributed by atoms with Crippen molar-refractivity contribution in [3.8, 4) is 0 Å². The Morgan fingerprint density at radius 3 is 2.91 bits per heavy atom. The Morgan fingerprint density at radius 2 is 2.36 bits per heavy atom. The van der Waals surface area contributed by atoms with Crippen molar-refractivity contribution in [1.82, 2.24) is 0 Å². The van der Waals surface area contributed by atoms with Crippen LogP contribution in [0.2, 0.25) is 0 Å². The minimum Gasteiger partial charge on any atom is -0.374 e. The fourth-order valence-corrected chi connectivity index (χ4v) is 2.11. The molecule has 2 aliphatic rings. The Hall–Kier alpha value is -0.560. The molecule has 2 aliphatic carbocycles. The summed E-state index contributed by atoms with van der Waals surface area (Å²) in [5, 5.41) is 0. The average molecular weight is 150 g/mol. The first-order valence-electron chi connectivity index (χ1n) is 4.31.